The molecule has 0 aliphatic carbocycles. The van der Waals surface area contributed by atoms with E-state index in [0.29, 0.717) is 18.4 Å². The van der Waals surface area contributed by atoms with Crippen LogP contribution in [0.2, 0.25) is 0 Å². The van der Waals surface area contributed by atoms with Crippen LogP contribution in [-0.4, -0.2) is 18.3 Å². The van der Waals surface area contributed by atoms with E-state index in [1.165, 1.54) is 44.1 Å². The molecule has 2 atom stereocenters. The molecule has 0 aliphatic rings. The van der Waals surface area contributed by atoms with Gasteiger partial charge in [-0.1, -0.05) is 195 Å². The van der Waals surface area contributed by atoms with E-state index in [1.54, 1.807) is 0 Å². The van der Waals surface area contributed by atoms with Gasteiger partial charge in [0.25, 0.3) is 0 Å². The van der Waals surface area contributed by atoms with E-state index in [4.69, 9.17) is 9.47 Å². The van der Waals surface area contributed by atoms with Crippen molar-refractivity contribution in [1.82, 2.24) is 0 Å². The van der Waals surface area contributed by atoms with E-state index >= 15 is 0 Å². The number of aliphatic hydroxyl groups excluding tert-OH is 1. The molecule has 0 radical (unpaired) electrons. The van der Waals surface area contributed by atoms with E-state index in [1.807, 2.05) is 24.3 Å². The maximum absolute atomic E-state index is 10.6. The highest BCUT2D eigenvalue weighted by Gasteiger charge is 2.15. The second-order valence-electron chi connectivity index (χ2n) is 17.9. The largest absolute Gasteiger partial charge is 0.493 e. The topological polar surface area (TPSA) is 41.9 Å². The van der Waals surface area contributed by atoms with E-state index in [0.717, 1.165) is 87.3 Å². The van der Waals surface area contributed by atoms with Crippen LogP contribution in [0.3, 0.4) is 0 Å². The van der Waals surface area contributed by atoms with Crippen molar-refractivity contribution in [2.45, 2.75) is 92.6 Å². The molecule has 0 saturated carbocycles. The zero-order valence-corrected chi connectivity index (χ0v) is 39.5. The summed E-state index contributed by atoms with van der Waals surface area (Å²) in [5.41, 5.74) is 10.4. The molecule has 6 aromatic rings. The first kappa shape index (κ1) is 48.4. The molecule has 0 saturated heterocycles. The molecule has 338 valence electrons. The number of ether oxygens (including phenoxy) is 2. The summed E-state index contributed by atoms with van der Waals surface area (Å²) in [5.74, 6) is 3.63. The third kappa shape index (κ3) is 15.5. The van der Waals surface area contributed by atoms with Crippen molar-refractivity contribution in [3.8, 4) is 11.5 Å². The smallest absolute Gasteiger partial charge is 0.127 e. The molecule has 2 unspecified atom stereocenters. The molecule has 0 amide bonds. The molecule has 4 heteroatoms. The van der Waals surface area contributed by atoms with Gasteiger partial charge < -0.3 is 19.5 Å². The molecule has 65 heavy (non-hydrogen) atoms. The number of anilines is 3. The number of unbranched alkanes of at least 4 members (excludes halogenated alkanes) is 1. The van der Waals surface area contributed by atoms with Gasteiger partial charge >= 0.3 is 0 Å². The van der Waals surface area contributed by atoms with Gasteiger partial charge in [0.2, 0.25) is 0 Å². The average molecular weight is 866 g/mol. The average Bonchev–Trinajstić information content (AvgIpc) is 3.34. The molecule has 0 fully saturated rings. The Morgan fingerprint density at radius 1 is 0.523 bits per heavy atom. The minimum atomic E-state index is -0.0738. The Balaban J connectivity index is 1.24. The molecule has 0 bridgehead atoms. The van der Waals surface area contributed by atoms with Crippen molar-refractivity contribution in [3.63, 3.8) is 0 Å². The third-order valence-corrected chi connectivity index (χ3v) is 12.2. The van der Waals surface area contributed by atoms with Crippen molar-refractivity contribution in [2.75, 3.05) is 18.1 Å². The molecular formula is C61H71NO3. The van der Waals surface area contributed by atoms with Crippen LogP contribution in [0.5, 0.6) is 11.5 Å². The van der Waals surface area contributed by atoms with E-state index < -0.39 is 0 Å². The highest BCUT2D eigenvalue weighted by Crippen LogP contribution is 2.36. The second-order valence-corrected chi connectivity index (χ2v) is 17.9. The summed E-state index contributed by atoms with van der Waals surface area (Å²) >= 11 is 0. The lowest BCUT2D eigenvalue weighted by atomic mass is 9.97. The lowest BCUT2D eigenvalue weighted by molar-refractivity contribution is 0.233. The van der Waals surface area contributed by atoms with Crippen LogP contribution in [0.4, 0.5) is 17.1 Å². The Kier molecular flexibility index (Phi) is 19.3. The lowest BCUT2D eigenvalue weighted by Gasteiger charge is -2.26. The Hall–Kier alpha value is -6.10. The monoisotopic (exact) mass is 866 g/mol. The number of hydrogen-bond donors (Lipinski definition) is 1. The molecule has 0 spiro atoms. The minimum absolute atomic E-state index is 0.0738. The number of rotatable bonds is 25. The molecule has 6 rings (SSSR count). The highest BCUT2D eigenvalue weighted by atomic mass is 16.5. The Morgan fingerprint density at radius 2 is 1.05 bits per heavy atom. The molecule has 0 heterocycles. The number of nitrogens with zero attached hydrogens (tertiary/aromatic N) is 1. The first-order valence-corrected chi connectivity index (χ1v) is 24.1. The fraction of sp³-hybridized carbons (Fsp3) is 0.311. The fourth-order valence-electron chi connectivity index (χ4n) is 8.01. The number of hydrogen-bond acceptors (Lipinski definition) is 4. The van der Waals surface area contributed by atoms with Crippen LogP contribution in [0.25, 0.3) is 36.5 Å². The van der Waals surface area contributed by atoms with E-state index in [2.05, 4.69) is 197 Å². The predicted molar refractivity (Wildman–Crippen MR) is 280 cm³/mol. The van der Waals surface area contributed by atoms with Gasteiger partial charge in [0.15, 0.2) is 0 Å². The maximum Gasteiger partial charge on any atom is 0.127 e. The summed E-state index contributed by atoms with van der Waals surface area (Å²) in [6.07, 6.45) is 22.2. The Morgan fingerprint density at radius 3 is 1.57 bits per heavy atom. The van der Waals surface area contributed by atoms with Crippen LogP contribution in [-0.2, 0) is 6.61 Å². The normalized spacial score (nSPS) is 12.7. The van der Waals surface area contributed by atoms with Gasteiger partial charge in [0, 0.05) is 22.6 Å². The highest BCUT2D eigenvalue weighted by molar-refractivity contribution is 5.81. The number of aliphatic hydroxyl groups is 1. The maximum atomic E-state index is 10.6. The van der Waals surface area contributed by atoms with Gasteiger partial charge in [-0.3, -0.25) is 0 Å². The summed E-state index contributed by atoms with van der Waals surface area (Å²) in [5, 5.41) is 10.6. The van der Waals surface area contributed by atoms with Gasteiger partial charge in [-0.2, -0.15) is 0 Å². The summed E-state index contributed by atoms with van der Waals surface area (Å²) in [6.45, 7) is 12.8. The van der Waals surface area contributed by atoms with Crippen LogP contribution in [0, 0.1) is 17.8 Å². The summed E-state index contributed by atoms with van der Waals surface area (Å²) in [6, 6.07) is 50.7. The summed E-state index contributed by atoms with van der Waals surface area (Å²) in [7, 11) is 0. The third-order valence-electron chi connectivity index (χ3n) is 12.2. The lowest BCUT2D eigenvalue weighted by Crippen LogP contribution is -2.12. The van der Waals surface area contributed by atoms with E-state index in [9.17, 15) is 5.11 Å². The van der Waals surface area contributed by atoms with Gasteiger partial charge in [-0.15, -0.1) is 0 Å². The SMILES string of the molecule is CCCCC(CC)COc1ccc(N(c2ccc(C=Cc3ccccc3)cc2)c2ccc(C=Cc3cc(OCCC(C)CCCC(C)C)c(C=Cc4ccccc4)cc3CO)cc2)cc1. The summed E-state index contributed by atoms with van der Waals surface area (Å²) in [4.78, 5) is 2.29. The molecule has 1 N–H and O–H groups in total. The van der Waals surface area contributed by atoms with E-state index in [-0.39, 0.29) is 6.61 Å². The second kappa shape index (κ2) is 26.0. The van der Waals surface area contributed by atoms with Gasteiger partial charge in [0.05, 0.1) is 19.8 Å². The molecule has 0 aliphatic heterocycles. The zero-order chi connectivity index (χ0) is 45.6. The first-order valence-electron chi connectivity index (χ1n) is 24.1. The van der Waals surface area contributed by atoms with Crippen LogP contribution < -0.4 is 14.4 Å². The standard InChI is InChI=1S/C61H71NO3/c1-6-8-18-49(7-2)46-65-60-39-37-59(38-40-60)62(57-33-27-52(28-34-57)24-23-50-19-11-9-12-20-50)58-35-29-53(30-36-58)25-31-54-44-61(64-42-41-48(5)17-15-16-47(3)4)55(43-56(54)45-63)32-26-51-21-13-10-14-22-51/h9-14,19-40,43-44,47-49,63H,6-8,15-18,41-42,45-46H2,1-5H3. The zero-order valence-electron chi connectivity index (χ0n) is 39.5. The van der Waals surface area contributed by atoms with Gasteiger partial charge in [-0.05, 0) is 125 Å². The van der Waals surface area contributed by atoms with Crippen molar-refractivity contribution < 1.29 is 14.6 Å². The predicted octanol–water partition coefficient (Wildman–Crippen LogP) is 17.0. The van der Waals surface area contributed by atoms with Crippen molar-refractivity contribution >= 4 is 53.5 Å². The molecule has 4 nitrogen and oxygen atoms in total. The number of benzene rings is 6. The van der Waals surface area contributed by atoms with Crippen LogP contribution in [0.1, 0.15) is 125 Å². The molecular weight excluding hydrogens is 795 g/mol. The Bertz CT molecular complexity index is 2360. The van der Waals surface area contributed by atoms with Crippen molar-refractivity contribution in [2.24, 2.45) is 17.8 Å². The van der Waals surface area contributed by atoms with Crippen molar-refractivity contribution in [1.29, 1.82) is 0 Å². The fourth-order valence-corrected chi connectivity index (χ4v) is 8.01. The van der Waals surface area contributed by atoms with Crippen LogP contribution in [0.15, 0.2) is 146 Å². The van der Waals surface area contributed by atoms with Crippen molar-refractivity contribution in [3.05, 3.63) is 185 Å². The summed E-state index contributed by atoms with van der Waals surface area (Å²) < 4.78 is 12.9. The van der Waals surface area contributed by atoms with Gasteiger partial charge in [-0.25, -0.2) is 0 Å². The molecule has 0 aromatic heterocycles. The molecule has 6 aromatic carbocycles. The minimum Gasteiger partial charge on any atom is -0.493 e. The van der Waals surface area contributed by atoms with Gasteiger partial charge in [0.1, 0.15) is 11.5 Å². The Labute approximate surface area is 391 Å². The quantitative estimate of drug-likeness (QED) is 0.0582. The van der Waals surface area contributed by atoms with Crippen LogP contribution >= 0.6 is 0 Å². The first-order chi connectivity index (χ1) is 31.8.